The van der Waals surface area contributed by atoms with Gasteiger partial charge in [0.2, 0.25) is 0 Å². The van der Waals surface area contributed by atoms with Gasteiger partial charge in [0, 0.05) is 24.7 Å². The third-order valence-electron chi connectivity index (χ3n) is 6.19. The number of fused-ring (bicyclic) bond motifs is 1. The van der Waals surface area contributed by atoms with Crippen LogP contribution < -0.4 is 4.90 Å². The molecule has 1 heterocycles. The summed E-state index contributed by atoms with van der Waals surface area (Å²) in [5.74, 6) is 0. The number of hydrogen-bond donors (Lipinski definition) is 0. The van der Waals surface area contributed by atoms with Crippen LogP contribution in [0, 0.1) is 13.8 Å². The van der Waals surface area contributed by atoms with Crippen molar-refractivity contribution in [2.75, 3.05) is 18.5 Å². The lowest BCUT2D eigenvalue weighted by molar-refractivity contribution is 1.03. The Labute approximate surface area is 185 Å². The van der Waals surface area contributed by atoms with E-state index in [1.54, 1.807) is 0 Å². The topological polar surface area (TPSA) is 3.24 Å². The summed E-state index contributed by atoms with van der Waals surface area (Å²) >= 11 is 0. The van der Waals surface area contributed by atoms with Gasteiger partial charge in [-0.25, -0.2) is 0 Å². The van der Waals surface area contributed by atoms with Crippen LogP contribution in [0.15, 0.2) is 91.0 Å². The average molecular weight is 402 g/mol. The zero-order valence-corrected chi connectivity index (χ0v) is 18.4. The van der Waals surface area contributed by atoms with Gasteiger partial charge in [0.1, 0.15) is 0 Å². The van der Waals surface area contributed by atoms with Gasteiger partial charge < -0.3 is 4.90 Å². The molecule has 0 N–H and O–H groups in total. The average Bonchev–Trinajstić information content (AvgIpc) is 2.80. The van der Waals surface area contributed by atoms with Crippen molar-refractivity contribution in [2.45, 2.75) is 13.8 Å². The minimum atomic E-state index is 0.896. The Hall–Kier alpha value is -3.58. The fourth-order valence-electron chi connectivity index (χ4n) is 4.50. The molecule has 1 nitrogen and oxygen atoms in total. The standard InChI is InChI=1S/C30H27N/c1-21-9-13-24(14-10-21)27-17-18-28(25-15-11-22(2)12-16-25)30-29(27)19-26(20-31(30)3)23-7-5-4-6-8-23/h4-19H,20H2,1-3H3. The minimum absolute atomic E-state index is 0.896. The van der Waals surface area contributed by atoms with E-state index < -0.39 is 0 Å². The summed E-state index contributed by atoms with van der Waals surface area (Å²) in [6.07, 6.45) is 2.40. The molecule has 1 aliphatic heterocycles. The normalized spacial score (nSPS) is 13.0. The summed E-state index contributed by atoms with van der Waals surface area (Å²) in [5, 5.41) is 0. The molecule has 0 atom stereocenters. The van der Waals surface area contributed by atoms with Crippen LogP contribution in [0.2, 0.25) is 0 Å². The highest BCUT2D eigenvalue weighted by atomic mass is 15.1. The summed E-state index contributed by atoms with van der Waals surface area (Å²) < 4.78 is 0. The number of rotatable bonds is 3. The van der Waals surface area contributed by atoms with Gasteiger partial charge in [-0.15, -0.1) is 0 Å². The maximum absolute atomic E-state index is 2.41. The highest BCUT2D eigenvalue weighted by Crippen LogP contribution is 2.44. The second kappa shape index (κ2) is 7.92. The van der Waals surface area contributed by atoms with Crippen molar-refractivity contribution in [3.8, 4) is 22.3 Å². The first-order chi connectivity index (χ1) is 15.1. The molecule has 1 heteroatoms. The lowest BCUT2D eigenvalue weighted by atomic mass is 9.87. The SMILES string of the molecule is Cc1ccc(-c2ccc(-c3ccc(C)cc3)c3c2C=C(c2ccccc2)CN3C)cc1. The van der Waals surface area contributed by atoms with Crippen molar-refractivity contribution >= 4 is 17.3 Å². The molecule has 0 spiro atoms. The number of aryl methyl sites for hydroxylation is 2. The van der Waals surface area contributed by atoms with Crippen LogP contribution in [0.1, 0.15) is 22.3 Å². The van der Waals surface area contributed by atoms with Crippen LogP contribution >= 0.6 is 0 Å². The molecule has 0 fully saturated rings. The molecule has 5 rings (SSSR count). The van der Waals surface area contributed by atoms with Crippen LogP contribution in [-0.4, -0.2) is 13.6 Å². The predicted molar refractivity (Wildman–Crippen MR) is 134 cm³/mol. The van der Waals surface area contributed by atoms with Gasteiger partial charge in [0.05, 0.1) is 5.69 Å². The first kappa shape index (κ1) is 19.4. The Kier molecular flexibility index (Phi) is 4.95. The van der Waals surface area contributed by atoms with E-state index in [2.05, 4.69) is 123 Å². The highest BCUT2D eigenvalue weighted by molar-refractivity contribution is 6.01. The molecule has 0 unspecified atom stereocenters. The quantitative estimate of drug-likeness (QED) is 0.341. The molecule has 4 aromatic rings. The summed E-state index contributed by atoms with van der Waals surface area (Å²) in [6.45, 7) is 5.18. The highest BCUT2D eigenvalue weighted by Gasteiger charge is 2.23. The fraction of sp³-hybridized carbons (Fsp3) is 0.133. The van der Waals surface area contributed by atoms with Crippen LogP contribution in [0.5, 0.6) is 0 Å². The lowest BCUT2D eigenvalue weighted by Crippen LogP contribution is -2.24. The summed E-state index contributed by atoms with van der Waals surface area (Å²) in [7, 11) is 2.21. The minimum Gasteiger partial charge on any atom is -0.369 e. The molecule has 152 valence electrons. The fourth-order valence-corrected chi connectivity index (χ4v) is 4.50. The van der Waals surface area contributed by atoms with Crippen LogP contribution in [0.4, 0.5) is 5.69 Å². The Balaban J connectivity index is 1.75. The van der Waals surface area contributed by atoms with Crippen molar-refractivity contribution in [1.29, 1.82) is 0 Å². The third kappa shape index (κ3) is 3.68. The van der Waals surface area contributed by atoms with Gasteiger partial charge >= 0.3 is 0 Å². The van der Waals surface area contributed by atoms with E-state index in [9.17, 15) is 0 Å². The van der Waals surface area contributed by atoms with E-state index in [-0.39, 0.29) is 0 Å². The van der Waals surface area contributed by atoms with Gasteiger partial charge in [0.15, 0.2) is 0 Å². The third-order valence-corrected chi connectivity index (χ3v) is 6.19. The number of likely N-dealkylation sites (N-methyl/N-ethyl adjacent to an activating group) is 1. The molecule has 4 aromatic carbocycles. The van der Waals surface area contributed by atoms with Crippen LogP contribution in [-0.2, 0) is 0 Å². The van der Waals surface area contributed by atoms with Crippen LogP contribution in [0.3, 0.4) is 0 Å². The molecule has 31 heavy (non-hydrogen) atoms. The summed E-state index contributed by atoms with van der Waals surface area (Å²) in [6, 6.07) is 33.1. The molecule has 1 aliphatic rings. The van der Waals surface area contributed by atoms with Gasteiger partial charge in [-0.3, -0.25) is 0 Å². The monoisotopic (exact) mass is 401 g/mol. The van der Waals surface area contributed by atoms with Crippen molar-refractivity contribution in [1.82, 2.24) is 0 Å². The molecule has 0 radical (unpaired) electrons. The Bertz CT molecular complexity index is 1250. The molecule has 0 amide bonds. The number of hydrogen-bond acceptors (Lipinski definition) is 1. The van der Waals surface area contributed by atoms with E-state index in [1.165, 1.54) is 55.8 Å². The second-order valence-corrected chi connectivity index (χ2v) is 8.55. The largest absolute Gasteiger partial charge is 0.369 e. The van der Waals surface area contributed by atoms with Gasteiger partial charge in [-0.05, 0) is 47.8 Å². The molecule has 0 saturated carbocycles. The maximum atomic E-state index is 2.41. The molecular weight excluding hydrogens is 374 g/mol. The predicted octanol–water partition coefficient (Wildman–Crippen LogP) is 7.63. The van der Waals surface area contributed by atoms with Crippen molar-refractivity contribution in [3.63, 3.8) is 0 Å². The van der Waals surface area contributed by atoms with E-state index in [0.717, 1.165) is 6.54 Å². The van der Waals surface area contributed by atoms with Crippen molar-refractivity contribution in [2.24, 2.45) is 0 Å². The zero-order chi connectivity index (χ0) is 21.4. The number of anilines is 1. The maximum Gasteiger partial charge on any atom is 0.0526 e. The van der Waals surface area contributed by atoms with Crippen LogP contribution in [0.25, 0.3) is 33.9 Å². The van der Waals surface area contributed by atoms with E-state index in [1.807, 2.05) is 0 Å². The molecular formula is C30H27N. The first-order valence-electron chi connectivity index (χ1n) is 10.9. The van der Waals surface area contributed by atoms with E-state index >= 15 is 0 Å². The zero-order valence-electron chi connectivity index (χ0n) is 18.4. The molecule has 0 aromatic heterocycles. The van der Waals surface area contributed by atoms with Gasteiger partial charge in [-0.2, -0.15) is 0 Å². The summed E-state index contributed by atoms with van der Waals surface area (Å²) in [4.78, 5) is 2.41. The lowest BCUT2D eigenvalue weighted by Gasteiger charge is -2.32. The van der Waals surface area contributed by atoms with Gasteiger partial charge in [-0.1, -0.05) is 102 Å². The molecule has 0 saturated heterocycles. The Morgan fingerprint density at radius 2 is 1.13 bits per heavy atom. The Morgan fingerprint density at radius 1 is 0.581 bits per heavy atom. The smallest absolute Gasteiger partial charge is 0.0526 e. The number of benzene rings is 4. The molecule has 0 bridgehead atoms. The van der Waals surface area contributed by atoms with Gasteiger partial charge in [0.25, 0.3) is 0 Å². The molecule has 0 aliphatic carbocycles. The van der Waals surface area contributed by atoms with Crippen molar-refractivity contribution in [3.05, 3.63) is 113 Å². The summed E-state index contributed by atoms with van der Waals surface area (Å²) in [5.41, 5.74) is 12.9. The van der Waals surface area contributed by atoms with E-state index in [0.29, 0.717) is 0 Å². The Morgan fingerprint density at radius 3 is 1.74 bits per heavy atom. The van der Waals surface area contributed by atoms with Crippen molar-refractivity contribution < 1.29 is 0 Å². The number of nitrogens with zero attached hydrogens (tertiary/aromatic N) is 1. The first-order valence-corrected chi connectivity index (χ1v) is 10.9. The van der Waals surface area contributed by atoms with E-state index in [4.69, 9.17) is 0 Å². The second-order valence-electron chi connectivity index (χ2n) is 8.55.